The minimum absolute atomic E-state index is 0.341. The number of benzene rings is 2. The lowest BCUT2D eigenvalue weighted by atomic mass is 9.80. The molecule has 0 saturated heterocycles. The molecule has 0 aliphatic rings. The van der Waals surface area contributed by atoms with Crippen molar-refractivity contribution < 1.29 is 24.0 Å². The van der Waals surface area contributed by atoms with Gasteiger partial charge in [0.05, 0.1) is 7.11 Å². The van der Waals surface area contributed by atoms with Crippen LogP contribution in [-0.4, -0.2) is 41.3 Å². The summed E-state index contributed by atoms with van der Waals surface area (Å²) in [6.07, 6.45) is 0.341. The number of hydrogen-bond donors (Lipinski definition) is 3. The number of carbonyl (C=O) groups is 1. The van der Waals surface area contributed by atoms with Gasteiger partial charge in [-0.15, -0.1) is 0 Å². The van der Waals surface area contributed by atoms with Crippen LogP contribution in [0.15, 0.2) is 46.9 Å². The molecule has 0 aliphatic carbocycles. The van der Waals surface area contributed by atoms with Gasteiger partial charge < -0.3 is 24.9 Å². The van der Waals surface area contributed by atoms with Crippen molar-refractivity contribution in [3.63, 3.8) is 0 Å². The van der Waals surface area contributed by atoms with E-state index in [-0.39, 0.29) is 0 Å². The predicted octanol–water partition coefficient (Wildman–Crippen LogP) is 0.217. The van der Waals surface area contributed by atoms with Crippen LogP contribution in [0.4, 0.5) is 0 Å². The molecule has 2 aromatic carbocycles. The van der Waals surface area contributed by atoms with Crippen LogP contribution >= 0.6 is 0 Å². The van der Waals surface area contributed by atoms with Crippen molar-refractivity contribution in [2.24, 2.45) is 5.73 Å². The fourth-order valence-electron chi connectivity index (χ4n) is 2.51. The van der Waals surface area contributed by atoms with E-state index in [0.29, 0.717) is 34.4 Å². The average molecular weight is 340 g/mol. The van der Waals surface area contributed by atoms with E-state index in [1.807, 2.05) is 12.1 Å². The van der Waals surface area contributed by atoms with Crippen molar-refractivity contribution in [1.29, 1.82) is 0 Å². The van der Waals surface area contributed by atoms with Gasteiger partial charge in [0.25, 0.3) is 0 Å². The Morgan fingerprint density at radius 1 is 1.28 bits per heavy atom. The van der Waals surface area contributed by atoms with Crippen molar-refractivity contribution in [3.8, 4) is 11.5 Å². The molecule has 0 saturated carbocycles. The van der Waals surface area contributed by atoms with E-state index in [2.05, 4.69) is 9.72 Å². The Kier molecular flexibility index (Phi) is 4.85. The average Bonchev–Trinajstić information content (AvgIpc) is 3.04. The summed E-state index contributed by atoms with van der Waals surface area (Å²) >= 11 is 0. The molecule has 128 valence electrons. The highest BCUT2D eigenvalue weighted by atomic mass is 16.5. The minimum atomic E-state index is -1.51. The molecule has 0 amide bonds. The number of nitrogens with zero attached hydrogens (tertiary/aromatic N) is 1. The molecule has 0 unspecified atom stereocenters. The highest BCUT2D eigenvalue weighted by Gasteiger charge is 2.16. The van der Waals surface area contributed by atoms with Crippen molar-refractivity contribution in [1.82, 2.24) is 4.98 Å². The monoisotopic (exact) mass is 340 g/mol. The summed E-state index contributed by atoms with van der Waals surface area (Å²) in [6, 6.07) is 11.3. The molecule has 8 heteroatoms. The minimum Gasteiger partial charge on any atom is -0.468 e. The Hall–Kier alpha value is -2.68. The summed E-state index contributed by atoms with van der Waals surface area (Å²) < 4.78 is 10.4. The van der Waals surface area contributed by atoms with Crippen LogP contribution in [0.5, 0.6) is 0 Å². The number of carbonyl (C=O) groups excluding carboxylic acids is 1. The van der Waals surface area contributed by atoms with E-state index >= 15 is 0 Å². The molecular weight excluding hydrogens is 323 g/mol. The first-order valence-electron chi connectivity index (χ1n) is 7.67. The van der Waals surface area contributed by atoms with E-state index in [1.54, 1.807) is 30.3 Å². The van der Waals surface area contributed by atoms with Gasteiger partial charge in [0.2, 0.25) is 5.89 Å². The molecule has 3 aromatic rings. The van der Waals surface area contributed by atoms with Gasteiger partial charge in [0.1, 0.15) is 11.6 Å². The van der Waals surface area contributed by atoms with Gasteiger partial charge in [0.15, 0.2) is 5.58 Å². The molecule has 0 spiro atoms. The lowest BCUT2D eigenvalue weighted by molar-refractivity contribution is -0.142. The van der Waals surface area contributed by atoms with Crippen LogP contribution in [0, 0.1) is 0 Å². The Morgan fingerprint density at radius 3 is 2.64 bits per heavy atom. The van der Waals surface area contributed by atoms with Gasteiger partial charge in [0, 0.05) is 5.56 Å². The third-order valence-corrected chi connectivity index (χ3v) is 3.87. The molecule has 0 radical (unpaired) electrons. The van der Waals surface area contributed by atoms with Crippen molar-refractivity contribution in [2.75, 3.05) is 7.11 Å². The first-order valence-corrected chi connectivity index (χ1v) is 7.67. The maximum Gasteiger partial charge on any atom is 0.488 e. The molecule has 0 fully saturated rings. The lowest BCUT2D eigenvalue weighted by Gasteiger charge is -2.08. The zero-order valence-electron chi connectivity index (χ0n) is 13.5. The van der Waals surface area contributed by atoms with Gasteiger partial charge >= 0.3 is 13.1 Å². The lowest BCUT2D eigenvalue weighted by Crippen LogP contribution is -2.33. The Labute approximate surface area is 144 Å². The van der Waals surface area contributed by atoms with Gasteiger partial charge in [-0.3, -0.25) is 4.79 Å². The number of hydrogen-bond acceptors (Lipinski definition) is 7. The SMILES string of the molecule is COC(=O)[C@@H](N)Cc1ccc2oc(-c3ccc(B(O)O)cc3)nc2c1. The van der Waals surface area contributed by atoms with Crippen molar-refractivity contribution in [2.45, 2.75) is 12.5 Å². The summed E-state index contributed by atoms with van der Waals surface area (Å²) in [5.74, 6) is -0.0458. The Balaban J connectivity index is 1.86. The van der Waals surface area contributed by atoms with Crippen LogP contribution < -0.4 is 11.2 Å². The third-order valence-electron chi connectivity index (χ3n) is 3.87. The number of nitrogens with two attached hydrogens (primary N) is 1. The summed E-state index contributed by atoms with van der Waals surface area (Å²) in [7, 11) is -0.213. The zero-order chi connectivity index (χ0) is 18.0. The first kappa shape index (κ1) is 17.2. The van der Waals surface area contributed by atoms with E-state index in [9.17, 15) is 4.79 Å². The second-order valence-corrected chi connectivity index (χ2v) is 5.65. The fourth-order valence-corrected chi connectivity index (χ4v) is 2.51. The largest absolute Gasteiger partial charge is 0.488 e. The maximum atomic E-state index is 11.4. The molecule has 0 aliphatic heterocycles. The summed E-state index contributed by atoms with van der Waals surface area (Å²) in [5, 5.41) is 18.3. The van der Waals surface area contributed by atoms with Crippen molar-refractivity contribution >= 4 is 29.7 Å². The predicted molar refractivity (Wildman–Crippen MR) is 93.0 cm³/mol. The van der Waals surface area contributed by atoms with Crippen LogP contribution in [0.25, 0.3) is 22.6 Å². The van der Waals surface area contributed by atoms with Crippen molar-refractivity contribution in [3.05, 3.63) is 48.0 Å². The number of ether oxygens (including phenoxy) is 1. The zero-order valence-corrected chi connectivity index (χ0v) is 13.5. The topological polar surface area (TPSA) is 119 Å². The number of rotatable bonds is 5. The molecule has 25 heavy (non-hydrogen) atoms. The summed E-state index contributed by atoms with van der Waals surface area (Å²) in [6.45, 7) is 0. The second-order valence-electron chi connectivity index (χ2n) is 5.65. The van der Waals surface area contributed by atoms with Crippen LogP contribution in [-0.2, 0) is 16.0 Å². The maximum absolute atomic E-state index is 11.4. The van der Waals surface area contributed by atoms with Crippen LogP contribution in [0.2, 0.25) is 0 Å². The second kappa shape index (κ2) is 7.06. The van der Waals surface area contributed by atoms with Gasteiger partial charge in [-0.2, -0.15) is 0 Å². The molecular formula is C17H17BN2O5. The summed E-state index contributed by atoms with van der Waals surface area (Å²) in [5.41, 5.74) is 8.99. The number of oxazole rings is 1. The molecule has 1 atom stereocenters. The molecule has 0 bridgehead atoms. The number of methoxy groups -OCH3 is 1. The van der Waals surface area contributed by atoms with E-state index in [1.165, 1.54) is 7.11 Å². The molecule has 1 heterocycles. The smallest absolute Gasteiger partial charge is 0.468 e. The number of esters is 1. The Bertz CT molecular complexity index is 892. The Morgan fingerprint density at radius 2 is 2.00 bits per heavy atom. The number of aromatic nitrogens is 1. The molecule has 4 N–H and O–H groups in total. The van der Waals surface area contributed by atoms with E-state index < -0.39 is 19.1 Å². The molecule has 7 nitrogen and oxygen atoms in total. The van der Waals surface area contributed by atoms with E-state index in [0.717, 1.165) is 5.56 Å². The highest BCUT2D eigenvalue weighted by molar-refractivity contribution is 6.58. The van der Waals surface area contributed by atoms with Crippen LogP contribution in [0.3, 0.4) is 0 Å². The van der Waals surface area contributed by atoms with E-state index in [4.69, 9.17) is 20.2 Å². The summed E-state index contributed by atoms with van der Waals surface area (Å²) in [4.78, 5) is 15.9. The van der Waals surface area contributed by atoms with Gasteiger partial charge in [-0.05, 0) is 41.7 Å². The normalized spacial score (nSPS) is 12.2. The van der Waals surface area contributed by atoms with Gasteiger partial charge in [-0.25, -0.2) is 4.98 Å². The highest BCUT2D eigenvalue weighted by Crippen LogP contribution is 2.24. The van der Waals surface area contributed by atoms with Crippen LogP contribution in [0.1, 0.15) is 5.56 Å². The van der Waals surface area contributed by atoms with Gasteiger partial charge in [-0.1, -0.05) is 18.2 Å². The molecule has 3 rings (SSSR count). The number of fused-ring (bicyclic) bond motifs is 1. The third kappa shape index (κ3) is 3.71. The fraction of sp³-hybridized carbons (Fsp3) is 0.176. The quantitative estimate of drug-likeness (QED) is 0.449. The first-order chi connectivity index (χ1) is 12.0. The molecule has 1 aromatic heterocycles. The standard InChI is InChI=1S/C17H17BN2O5/c1-24-17(21)13(19)8-10-2-7-15-14(9-10)20-16(25-15)11-3-5-12(6-4-11)18(22)23/h2-7,9,13,22-23H,8,19H2,1H3/t13-/m0/s1.